The van der Waals surface area contributed by atoms with Crippen LogP contribution in [0.1, 0.15) is 6.92 Å². The van der Waals surface area contributed by atoms with Crippen LogP contribution >= 0.6 is 0 Å². The van der Waals surface area contributed by atoms with Crippen LogP contribution in [-0.2, 0) is 16.1 Å². The minimum absolute atomic E-state index is 0.0203. The van der Waals surface area contributed by atoms with Gasteiger partial charge in [-0.2, -0.15) is 10.1 Å². The van der Waals surface area contributed by atoms with Crippen molar-refractivity contribution in [3.05, 3.63) is 39.4 Å². The first-order valence-electron chi connectivity index (χ1n) is 5.82. The molecule has 106 valence electrons. The van der Waals surface area contributed by atoms with E-state index in [2.05, 4.69) is 19.8 Å². The van der Waals surface area contributed by atoms with Gasteiger partial charge in [-0.3, -0.25) is 9.78 Å². The number of aromatic amines is 1. The predicted molar refractivity (Wildman–Crippen MR) is 67.4 cm³/mol. The van der Waals surface area contributed by atoms with E-state index in [1.165, 1.54) is 18.0 Å². The summed E-state index contributed by atoms with van der Waals surface area (Å²) in [7, 11) is 1.24. The van der Waals surface area contributed by atoms with Gasteiger partial charge in [0.2, 0.25) is 5.95 Å². The number of carbonyl (C=O) groups is 1. The molecule has 1 N–H and O–H groups in total. The van der Waals surface area contributed by atoms with Gasteiger partial charge in [0.1, 0.15) is 0 Å². The minimum atomic E-state index is -0.755. The zero-order chi connectivity index (χ0) is 14.7. The van der Waals surface area contributed by atoms with Crippen LogP contribution < -0.4 is 11.4 Å². The van der Waals surface area contributed by atoms with Crippen LogP contribution in [0.25, 0.3) is 5.95 Å². The second-order valence-electron chi connectivity index (χ2n) is 4.13. The first-order chi connectivity index (χ1) is 9.52. The van der Waals surface area contributed by atoms with Crippen LogP contribution in [0.2, 0.25) is 0 Å². The lowest BCUT2D eigenvalue weighted by atomic mass is 10.2. The molecule has 0 radical (unpaired) electrons. The summed E-state index contributed by atoms with van der Waals surface area (Å²) >= 11 is 0. The molecule has 0 aliphatic rings. The average molecular weight is 279 g/mol. The summed E-state index contributed by atoms with van der Waals surface area (Å²) in [5.74, 6) is -1.12. The number of nitrogens with one attached hydrogen (secondary N) is 1. The fraction of sp³-hybridized carbons (Fsp3) is 0.364. The number of nitrogens with zero attached hydrogens (tertiary/aromatic N) is 4. The van der Waals surface area contributed by atoms with Gasteiger partial charge in [0, 0.05) is 18.9 Å². The second kappa shape index (κ2) is 5.51. The smallest absolute Gasteiger partial charge is 0.355 e. The van der Waals surface area contributed by atoms with Crippen molar-refractivity contribution in [3.8, 4) is 5.95 Å². The van der Waals surface area contributed by atoms with E-state index in [0.717, 1.165) is 4.57 Å². The molecule has 0 aliphatic carbocycles. The van der Waals surface area contributed by atoms with E-state index in [0.29, 0.717) is 0 Å². The van der Waals surface area contributed by atoms with Gasteiger partial charge in [-0.25, -0.2) is 18.8 Å². The van der Waals surface area contributed by atoms with Gasteiger partial charge in [-0.15, -0.1) is 0 Å². The molecule has 0 saturated carbocycles. The van der Waals surface area contributed by atoms with Crippen molar-refractivity contribution in [2.45, 2.75) is 13.5 Å². The topological polar surface area (TPSA) is 112 Å². The molecule has 0 aliphatic heterocycles. The minimum Gasteiger partial charge on any atom is -0.469 e. The van der Waals surface area contributed by atoms with E-state index in [9.17, 15) is 14.4 Å². The van der Waals surface area contributed by atoms with Crippen molar-refractivity contribution in [2.75, 3.05) is 7.11 Å². The van der Waals surface area contributed by atoms with Crippen LogP contribution in [0, 0.1) is 5.92 Å². The summed E-state index contributed by atoms with van der Waals surface area (Å²) in [6.07, 6.45) is 3.03. The Balaban J connectivity index is 2.35. The van der Waals surface area contributed by atoms with Gasteiger partial charge in [-0.05, 0) is 6.07 Å². The lowest BCUT2D eigenvalue weighted by Gasteiger charge is -2.10. The van der Waals surface area contributed by atoms with E-state index in [1.807, 2.05) is 0 Å². The number of hydrogen-bond acceptors (Lipinski definition) is 6. The average Bonchev–Trinajstić information content (AvgIpc) is 2.95. The molecule has 0 bridgehead atoms. The summed E-state index contributed by atoms with van der Waals surface area (Å²) in [5, 5.41) is 3.86. The number of hydrogen-bond donors (Lipinski definition) is 1. The molecular formula is C11H13N5O4. The number of carbonyl (C=O) groups excluding carboxylic acids is 1. The molecule has 0 aromatic carbocycles. The van der Waals surface area contributed by atoms with Gasteiger partial charge in [0.15, 0.2) is 0 Å². The highest BCUT2D eigenvalue weighted by Crippen LogP contribution is 1.99. The van der Waals surface area contributed by atoms with Crippen LogP contribution in [0.5, 0.6) is 0 Å². The number of esters is 1. The van der Waals surface area contributed by atoms with Gasteiger partial charge >= 0.3 is 17.3 Å². The molecule has 0 fully saturated rings. The third-order valence-corrected chi connectivity index (χ3v) is 2.68. The predicted octanol–water partition coefficient (Wildman–Crippen LogP) is -1.07. The Morgan fingerprint density at radius 1 is 1.50 bits per heavy atom. The Morgan fingerprint density at radius 2 is 2.25 bits per heavy atom. The normalized spacial score (nSPS) is 12.1. The second-order valence-corrected chi connectivity index (χ2v) is 4.13. The maximum absolute atomic E-state index is 11.9. The molecule has 9 heteroatoms. The van der Waals surface area contributed by atoms with Crippen molar-refractivity contribution < 1.29 is 9.53 Å². The zero-order valence-electron chi connectivity index (χ0n) is 10.9. The third-order valence-electron chi connectivity index (χ3n) is 2.68. The molecule has 2 heterocycles. The molecule has 20 heavy (non-hydrogen) atoms. The fourth-order valence-corrected chi connectivity index (χ4v) is 1.64. The number of H-pyrrole nitrogens is 1. The summed E-state index contributed by atoms with van der Waals surface area (Å²) in [6.45, 7) is 1.45. The highest BCUT2D eigenvalue weighted by atomic mass is 16.5. The first kappa shape index (κ1) is 13.7. The lowest BCUT2D eigenvalue weighted by Crippen LogP contribution is -2.40. The Morgan fingerprint density at radius 3 is 2.80 bits per heavy atom. The molecule has 0 saturated heterocycles. The highest BCUT2D eigenvalue weighted by molar-refractivity contribution is 5.71. The van der Waals surface area contributed by atoms with Gasteiger partial charge in [0.05, 0.1) is 13.0 Å². The molecule has 2 aromatic heterocycles. The van der Waals surface area contributed by atoms with Crippen LogP contribution in [0.3, 0.4) is 0 Å². The number of methoxy groups -OCH3 is 1. The monoisotopic (exact) mass is 279 g/mol. The molecule has 2 aromatic rings. The van der Waals surface area contributed by atoms with Crippen LogP contribution in [0.4, 0.5) is 0 Å². The van der Waals surface area contributed by atoms with Crippen molar-refractivity contribution in [1.82, 2.24) is 24.3 Å². The van der Waals surface area contributed by atoms with Gasteiger partial charge in [-0.1, -0.05) is 6.92 Å². The molecule has 0 amide bonds. The summed E-state index contributed by atoms with van der Waals surface area (Å²) in [5.41, 5.74) is -1.42. The molecular weight excluding hydrogens is 266 g/mol. The Kier molecular flexibility index (Phi) is 3.78. The number of ether oxygens (including phenoxy) is 1. The lowest BCUT2D eigenvalue weighted by molar-refractivity contribution is -0.145. The number of aromatic nitrogens is 5. The Bertz CT molecular complexity index is 684. The molecule has 0 spiro atoms. The molecule has 0 unspecified atom stereocenters. The zero-order valence-corrected chi connectivity index (χ0v) is 10.9. The van der Waals surface area contributed by atoms with Crippen molar-refractivity contribution in [2.24, 2.45) is 5.92 Å². The third kappa shape index (κ3) is 2.66. The SMILES string of the molecule is COC(=O)[C@@H](C)Cn1c(=O)nc(-n2cccn2)[nH]c1=O. The Hall–Kier alpha value is -2.71. The standard InChI is InChI=1S/C11H13N5O4/c1-7(8(17)20-2)6-15-10(18)13-9(14-11(15)19)16-5-3-4-12-16/h3-5,7H,6H2,1-2H3,(H,13,14,18,19)/t7-/m0/s1. The first-order valence-corrected chi connectivity index (χ1v) is 5.82. The van der Waals surface area contributed by atoms with Crippen LogP contribution in [0.15, 0.2) is 28.0 Å². The van der Waals surface area contributed by atoms with Crippen molar-refractivity contribution in [1.29, 1.82) is 0 Å². The summed E-state index contributed by atoms with van der Waals surface area (Å²) in [6, 6.07) is 1.63. The van der Waals surface area contributed by atoms with E-state index < -0.39 is 23.3 Å². The van der Waals surface area contributed by atoms with Crippen LogP contribution in [-0.4, -0.2) is 37.4 Å². The molecule has 1 atom stereocenters. The maximum atomic E-state index is 11.9. The highest BCUT2D eigenvalue weighted by Gasteiger charge is 2.17. The number of rotatable bonds is 4. The fourth-order valence-electron chi connectivity index (χ4n) is 1.64. The summed E-state index contributed by atoms with van der Waals surface area (Å²) in [4.78, 5) is 41.2. The summed E-state index contributed by atoms with van der Waals surface area (Å²) < 4.78 is 6.65. The van der Waals surface area contributed by atoms with Crippen molar-refractivity contribution in [3.63, 3.8) is 0 Å². The molecule has 9 nitrogen and oxygen atoms in total. The van der Waals surface area contributed by atoms with E-state index in [1.54, 1.807) is 19.2 Å². The van der Waals surface area contributed by atoms with E-state index >= 15 is 0 Å². The van der Waals surface area contributed by atoms with Gasteiger partial charge in [0.25, 0.3) is 0 Å². The molecule has 2 rings (SSSR count). The van der Waals surface area contributed by atoms with E-state index in [4.69, 9.17) is 0 Å². The maximum Gasteiger partial charge on any atom is 0.355 e. The van der Waals surface area contributed by atoms with Crippen molar-refractivity contribution >= 4 is 5.97 Å². The largest absolute Gasteiger partial charge is 0.469 e. The quantitative estimate of drug-likeness (QED) is 0.713. The van der Waals surface area contributed by atoms with Gasteiger partial charge < -0.3 is 4.74 Å². The van der Waals surface area contributed by atoms with E-state index in [-0.39, 0.29) is 12.5 Å². The Labute approximate surface area is 112 Å².